The van der Waals surface area contributed by atoms with E-state index in [2.05, 4.69) is 15.3 Å². The first kappa shape index (κ1) is 17.1. The van der Waals surface area contributed by atoms with Crippen molar-refractivity contribution >= 4 is 33.9 Å². The molecular formula is C17H18N4O3S. The molecule has 0 aliphatic rings. The van der Waals surface area contributed by atoms with Crippen LogP contribution >= 0.6 is 0 Å². The molecule has 0 radical (unpaired) electrons. The Morgan fingerprint density at radius 3 is 2.84 bits per heavy atom. The summed E-state index contributed by atoms with van der Waals surface area (Å²) in [5, 5.41) is 2.52. The Morgan fingerprint density at radius 1 is 1.36 bits per heavy atom. The molecule has 3 rings (SSSR count). The Bertz CT molecular complexity index is 923. The van der Waals surface area contributed by atoms with E-state index in [9.17, 15) is 9.35 Å². The largest absolute Gasteiger partial charge is 0.612 e. The van der Waals surface area contributed by atoms with Gasteiger partial charge in [0.1, 0.15) is 17.8 Å². The molecule has 0 aliphatic carbocycles. The number of nitrogens with one attached hydrogen (secondary N) is 2. The van der Waals surface area contributed by atoms with Crippen LogP contribution in [-0.2, 0) is 11.2 Å². The molecule has 25 heavy (non-hydrogen) atoms. The molecule has 0 saturated heterocycles. The van der Waals surface area contributed by atoms with Gasteiger partial charge < -0.3 is 25.3 Å². The molecule has 0 saturated carbocycles. The van der Waals surface area contributed by atoms with E-state index in [-0.39, 0.29) is 0 Å². The minimum atomic E-state index is -1.09. The normalized spacial score (nSPS) is 12.1. The van der Waals surface area contributed by atoms with Crippen molar-refractivity contribution in [2.45, 2.75) is 11.8 Å². The van der Waals surface area contributed by atoms with Gasteiger partial charge >= 0.3 is 6.03 Å². The van der Waals surface area contributed by atoms with E-state index in [1.807, 2.05) is 19.1 Å². The monoisotopic (exact) mass is 358 g/mol. The fourth-order valence-electron chi connectivity index (χ4n) is 2.51. The van der Waals surface area contributed by atoms with Crippen LogP contribution in [0.1, 0.15) is 6.92 Å². The van der Waals surface area contributed by atoms with Gasteiger partial charge in [-0.3, -0.25) is 0 Å². The van der Waals surface area contributed by atoms with E-state index < -0.39 is 17.2 Å². The first-order valence-electron chi connectivity index (χ1n) is 7.65. The molecule has 4 N–H and O–H groups in total. The zero-order valence-electron chi connectivity index (χ0n) is 13.8. The number of anilines is 1. The van der Waals surface area contributed by atoms with Gasteiger partial charge in [0.25, 0.3) is 0 Å². The number of fused-ring (bicyclic) bond motifs is 1. The first-order valence-corrected chi connectivity index (χ1v) is 9.20. The van der Waals surface area contributed by atoms with Crippen molar-refractivity contribution in [3.63, 3.8) is 0 Å². The maximum atomic E-state index is 11.7. The van der Waals surface area contributed by atoms with Gasteiger partial charge in [-0.05, 0) is 48.4 Å². The van der Waals surface area contributed by atoms with E-state index in [0.717, 1.165) is 11.1 Å². The molecule has 0 bridgehead atoms. The number of hydrogen-bond acceptors (Lipinski definition) is 4. The van der Waals surface area contributed by atoms with Crippen LogP contribution in [0.5, 0.6) is 5.75 Å². The highest BCUT2D eigenvalue weighted by Crippen LogP contribution is 2.32. The molecule has 1 heterocycles. The van der Waals surface area contributed by atoms with Crippen molar-refractivity contribution in [1.82, 2.24) is 9.97 Å². The third-order valence-corrected chi connectivity index (χ3v) is 4.51. The van der Waals surface area contributed by atoms with Crippen molar-refractivity contribution < 1.29 is 14.1 Å². The lowest BCUT2D eigenvalue weighted by atomic mass is 10.2. The van der Waals surface area contributed by atoms with Crippen molar-refractivity contribution in [3.8, 4) is 17.1 Å². The van der Waals surface area contributed by atoms with E-state index in [4.69, 9.17) is 10.5 Å². The number of primary amides is 1. The lowest BCUT2D eigenvalue weighted by molar-refractivity contribution is 0.259. The number of amides is 2. The third kappa shape index (κ3) is 3.70. The van der Waals surface area contributed by atoms with Crippen LogP contribution in [0.3, 0.4) is 0 Å². The molecule has 2 aromatic carbocycles. The van der Waals surface area contributed by atoms with Gasteiger partial charge in [-0.25, -0.2) is 9.78 Å². The van der Waals surface area contributed by atoms with Crippen LogP contribution in [0, 0.1) is 0 Å². The Morgan fingerprint density at radius 2 is 2.16 bits per heavy atom. The number of rotatable bonds is 5. The number of benzene rings is 2. The second-order valence-corrected chi connectivity index (χ2v) is 6.73. The van der Waals surface area contributed by atoms with Crippen molar-refractivity contribution in [3.05, 3.63) is 36.4 Å². The summed E-state index contributed by atoms with van der Waals surface area (Å²) in [6, 6.07) is 10.0. The molecular weight excluding hydrogens is 340 g/mol. The smallest absolute Gasteiger partial charge is 0.316 e. The lowest BCUT2D eigenvalue weighted by Crippen LogP contribution is -2.19. The number of H-pyrrole nitrogens is 1. The number of carbonyl (C=O) groups is 1. The number of ether oxygens (including phenoxy) is 1. The number of hydrogen-bond donors (Lipinski definition) is 3. The van der Waals surface area contributed by atoms with Crippen LogP contribution in [-0.4, -0.2) is 33.4 Å². The highest BCUT2D eigenvalue weighted by molar-refractivity contribution is 7.90. The maximum absolute atomic E-state index is 11.7. The number of aromatic amines is 1. The second-order valence-electron chi connectivity index (χ2n) is 5.35. The summed E-state index contributed by atoms with van der Waals surface area (Å²) in [5.74, 6) is 1.24. The van der Waals surface area contributed by atoms with Gasteiger partial charge in [-0.15, -0.1) is 0 Å². The summed E-state index contributed by atoms with van der Waals surface area (Å²) in [6.07, 6.45) is 1.62. The Balaban J connectivity index is 2.04. The summed E-state index contributed by atoms with van der Waals surface area (Å²) in [5.41, 5.74) is 7.98. The summed E-state index contributed by atoms with van der Waals surface area (Å²) in [7, 11) is 0. The molecule has 0 aliphatic heterocycles. The van der Waals surface area contributed by atoms with Gasteiger partial charge in [0.05, 0.1) is 23.2 Å². The number of nitrogens with zero attached hydrogens (tertiary/aromatic N) is 1. The average Bonchev–Trinajstić information content (AvgIpc) is 2.97. The SMILES string of the molecule is CCOc1cc([S+](C)[O-])ccc1-c1nc2cc(NC(N)=O)ccc2[nH]1. The van der Waals surface area contributed by atoms with Gasteiger partial charge in [-0.1, -0.05) is 0 Å². The molecule has 0 spiro atoms. The fraction of sp³-hybridized carbons (Fsp3) is 0.176. The fourth-order valence-corrected chi connectivity index (χ4v) is 3.04. The third-order valence-electron chi connectivity index (χ3n) is 3.59. The van der Waals surface area contributed by atoms with Crippen molar-refractivity contribution in [2.24, 2.45) is 5.73 Å². The average molecular weight is 358 g/mol. The molecule has 1 aromatic heterocycles. The van der Waals surface area contributed by atoms with Crippen LogP contribution in [0.25, 0.3) is 22.4 Å². The molecule has 1 unspecified atom stereocenters. The standard InChI is InChI=1S/C17H18N4O3S/c1-3-24-15-9-11(25(2)23)5-6-12(15)16-20-13-7-4-10(19-17(18)22)8-14(13)21-16/h4-9H,3H2,1-2H3,(H,20,21)(H3,18,19,22). The number of nitrogens with two attached hydrogens (primary N) is 1. The van der Waals surface area contributed by atoms with Crippen molar-refractivity contribution in [1.29, 1.82) is 0 Å². The minimum absolute atomic E-state index is 0.486. The second kappa shape index (κ2) is 7.04. The highest BCUT2D eigenvalue weighted by Gasteiger charge is 2.15. The predicted octanol–water partition coefficient (Wildman–Crippen LogP) is 2.86. The maximum Gasteiger partial charge on any atom is 0.316 e. The quantitative estimate of drug-likeness (QED) is 0.608. The summed E-state index contributed by atoms with van der Waals surface area (Å²) < 4.78 is 17.4. The lowest BCUT2D eigenvalue weighted by Gasteiger charge is -2.11. The van der Waals surface area contributed by atoms with Crippen LogP contribution < -0.4 is 15.8 Å². The first-order chi connectivity index (χ1) is 12.0. The van der Waals surface area contributed by atoms with Gasteiger partial charge in [0.2, 0.25) is 0 Å². The van der Waals surface area contributed by atoms with Gasteiger partial charge in [-0.2, -0.15) is 0 Å². The number of aromatic nitrogens is 2. The van der Waals surface area contributed by atoms with E-state index in [1.54, 1.807) is 30.5 Å². The molecule has 8 heteroatoms. The van der Waals surface area contributed by atoms with Crippen LogP contribution in [0.2, 0.25) is 0 Å². The molecule has 0 fully saturated rings. The minimum Gasteiger partial charge on any atom is -0.612 e. The van der Waals surface area contributed by atoms with E-state index >= 15 is 0 Å². The molecule has 3 aromatic rings. The Kier molecular flexibility index (Phi) is 4.82. The van der Waals surface area contributed by atoms with Gasteiger partial charge in [0, 0.05) is 11.8 Å². The number of carbonyl (C=O) groups excluding carboxylic acids is 1. The molecule has 130 valence electrons. The summed E-state index contributed by atoms with van der Waals surface area (Å²) in [6.45, 7) is 2.37. The molecule has 1 atom stereocenters. The van der Waals surface area contributed by atoms with Crippen LogP contribution in [0.15, 0.2) is 41.3 Å². The van der Waals surface area contributed by atoms with E-state index in [1.165, 1.54) is 0 Å². The van der Waals surface area contributed by atoms with Crippen LogP contribution in [0.4, 0.5) is 10.5 Å². The van der Waals surface area contributed by atoms with Crippen molar-refractivity contribution in [2.75, 3.05) is 18.2 Å². The number of imidazole rings is 1. The van der Waals surface area contributed by atoms with Gasteiger partial charge in [0.15, 0.2) is 4.90 Å². The topological polar surface area (TPSA) is 116 Å². The zero-order valence-corrected chi connectivity index (χ0v) is 14.6. The Labute approximate surface area is 147 Å². The summed E-state index contributed by atoms with van der Waals surface area (Å²) in [4.78, 5) is 19.5. The highest BCUT2D eigenvalue weighted by atomic mass is 32.2. The summed E-state index contributed by atoms with van der Waals surface area (Å²) >= 11 is -1.09. The van der Waals surface area contributed by atoms with E-state index in [0.29, 0.717) is 34.3 Å². The zero-order chi connectivity index (χ0) is 18.0. The molecule has 2 amide bonds. The molecule has 7 nitrogen and oxygen atoms in total. The predicted molar refractivity (Wildman–Crippen MR) is 98.2 cm³/mol. The number of urea groups is 1. The Hall–Kier alpha value is -2.71.